The van der Waals surface area contributed by atoms with Crippen molar-refractivity contribution in [1.82, 2.24) is 0 Å². The van der Waals surface area contributed by atoms with Crippen LogP contribution >= 0.6 is 0 Å². The van der Waals surface area contributed by atoms with Crippen LogP contribution in [0.25, 0.3) is 6.08 Å². The average molecular weight is 166 g/mol. The minimum Gasteiger partial charge on any atom is -0.478 e. The molecular formula is C9H10O3. The van der Waals surface area contributed by atoms with Gasteiger partial charge in [-0.3, -0.25) is 0 Å². The highest BCUT2D eigenvalue weighted by Crippen LogP contribution is 2.12. The maximum Gasteiger partial charge on any atom is 0.328 e. The van der Waals surface area contributed by atoms with Gasteiger partial charge >= 0.3 is 5.97 Å². The van der Waals surface area contributed by atoms with E-state index in [4.69, 9.17) is 9.52 Å². The van der Waals surface area contributed by atoms with Crippen molar-refractivity contribution >= 4 is 12.0 Å². The molecule has 1 heterocycles. The van der Waals surface area contributed by atoms with E-state index in [1.165, 1.54) is 6.08 Å². The van der Waals surface area contributed by atoms with Crippen molar-refractivity contribution in [3.63, 3.8) is 0 Å². The molecule has 0 radical (unpaired) electrons. The third kappa shape index (κ3) is 1.99. The normalized spacial score (nSPS) is 10.8. The lowest BCUT2D eigenvalue weighted by Crippen LogP contribution is -1.86. The Balaban J connectivity index is 2.81. The Morgan fingerprint density at radius 2 is 2.50 bits per heavy atom. The predicted molar refractivity (Wildman–Crippen MR) is 44.8 cm³/mol. The molecule has 0 bridgehead atoms. The molecule has 0 fully saturated rings. The molecule has 0 aromatic carbocycles. The Labute approximate surface area is 70.3 Å². The van der Waals surface area contributed by atoms with Crippen LogP contribution in [-0.2, 0) is 11.2 Å². The molecule has 3 heteroatoms. The van der Waals surface area contributed by atoms with Crippen molar-refractivity contribution in [3.05, 3.63) is 29.7 Å². The van der Waals surface area contributed by atoms with Crippen LogP contribution in [-0.4, -0.2) is 11.1 Å². The zero-order valence-electron chi connectivity index (χ0n) is 6.78. The molecule has 1 aromatic heterocycles. The van der Waals surface area contributed by atoms with Gasteiger partial charge < -0.3 is 9.52 Å². The fourth-order valence-corrected chi connectivity index (χ4v) is 0.933. The van der Waals surface area contributed by atoms with Crippen molar-refractivity contribution in [3.8, 4) is 0 Å². The van der Waals surface area contributed by atoms with Crippen LogP contribution in [0.3, 0.4) is 0 Å². The number of aryl methyl sites for hydroxylation is 1. The molecule has 0 amide bonds. The topological polar surface area (TPSA) is 50.4 Å². The first-order valence-electron chi connectivity index (χ1n) is 3.71. The molecule has 64 valence electrons. The monoisotopic (exact) mass is 166 g/mol. The Morgan fingerprint density at radius 3 is 3.08 bits per heavy atom. The summed E-state index contributed by atoms with van der Waals surface area (Å²) < 4.78 is 5.06. The Bertz CT molecular complexity index is 296. The van der Waals surface area contributed by atoms with Gasteiger partial charge in [-0.1, -0.05) is 6.92 Å². The van der Waals surface area contributed by atoms with Gasteiger partial charge in [-0.2, -0.15) is 0 Å². The first-order valence-corrected chi connectivity index (χ1v) is 3.71. The number of aliphatic carboxylic acids is 1. The van der Waals surface area contributed by atoms with E-state index >= 15 is 0 Å². The molecule has 0 aliphatic heterocycles. The minimum atomic E-state index is -0.964. The molecule has 3 nitrogen and oxygen atoms in total. The Morgan fingerprint density at radius 1 is 1.75 bits per heavy atom. The van der Waals surface area contributed by atoms with Gasteiger partial charge in [-0.15, -0.1) is 0 Å². The SMILES string of the molecule is CCc1ccoc1/C=C/C(=O)O. The zero-order chi connectivity index (χ0) is 8.97. The smallest absolute Gasteiger partial charge is 0.328 e. The van der Waals surface area contributed by atoms with E-state index in [9.17, 15) is 4.79 Å². The largest absolute Gasteiger partial charge is 0.478 e. The number of hydrogen-bond donors (Lipinski definition) is 1. The molecule has 0 aliphatic carbocycles. The van der Waals surface area contributed by atoms with Crippen molar-refractivity contribution < 1.29 is 14.3 Å². The number of carboxylic acid groups (broad SMARTS) is 1. The summed E-state index contributed by atoms with van der Waals surface area (Å²) in [5.41, 5.74) is 1.02. The van der Waals surface area contributed by atoms with E-state index in [-0.39, 0.29) is 0 Å². The Hall–Kier alpha value is -1.51. The predicted octanol–water partition coefficient (Wildman–Crippen LogP) is 1.94. The highest BCUT2D eigenvalue weighted by Gasteiger charge is 1.99. The minimum absolute atomic E-state index is 0.625. The summed E-state index contributed by atoms with van der Waals surface area (Å²) in [6, 6.07) is 1.83. The lowest BCUT2D eigenvalue weighted by Gasteiger charge is -1.89. The maximum absolute atomic E-state index is 10.2. The van der Waals surface area contributed by atoms with Gasteiger partial charge in [-0.05, 0) is 24.1 Å². The number of carbonyl (C=O) groups is 1. The number of hydrogen-bond acceptors (Lipinski definition) is 2. The first kappa shape index (κ1) is 8.59. The van der Waals surface area contributed by atoms with Crippen molar-refractivity contribution in [2.45, 2.75) is 13.3 Å². The van der Waals surface area contributed by atoms with E-state index in [0.717, 1.165) is 18.1 Å². The van der Waals surface area contributed by atoms with E-state index in [2.05, 4.69) is 0 Å². The van der Waals surface area contributed by atoms with Crippen LogP contribution in [0.15, 0.2) is 22.8 Å². The molecule has 0 saturated heterocycles. The number of rotatable bonds is 3. The van der Waals surface area contributed by atoms with Gasteiger partial charge in [0.1, 0.15) is 5.76 Å². The van der Waals surface area contributed by atoms with Crippen molar-refractivity contribution in [1.29, 1.82) is 0 Å². The van der Waals surface area contributed by atoms with Crippen LogP contribution in [0.5, 0.6) is 0 Å². The quantitative estimate of drug-likeness (QED) is 0.698. The highest BCUT2D eigenvalue weighted by molar-refractivity contribution is 5.84. The summed E-state index contributed by atoms with van der Waals surface area (Å²) in [5, 5.41) is 8.35. The summed E-state index contributed by atoms with van der Waals surface area (Å²) in [4.78, 5) is 10.2. The van der Waals surface area contributed by atoms with Crippen LogP contribution < -0.4 is 0 Å². The molecule has 0 unspecified atom stereocenters. The van der Waals surface area contributed by atoms with Gasteiger partial charge in [-0.25, -0.2) is 4.79 Å². The lowest BCUT2D eigenvalue weighted by atomic mass is 10.2. The number of furan rings is 1. The summed E-state index contributed by atoms with van der Waals surface area (Å²) in [5.74, 6) is -0.339. The van der Waals surface area contributed by atoms with Gasteiger partial charge in [0.05, 0.1) is 6.26 Å². The third-order valence-corrected chi connectivity index (χ3v) is 1.54. The van der Waals surface area contributed by atoms with E-state index in [1.807, 2.05) is 13.0 Å². The molecule has 1 N–H and O–H groups in total. The van der Waals surface area contributed by atoms with Crippen LogP contribution in [0.1, 0.15) is 18.2 Å². The summed E-state index contributed by atoms with van der Waals surface area (Å²) in [6.45, 7) is 1.99. The molecule has 0 saturated carbocycles. The third-order valence-electron chi connectivity index (χ3n) is 1.54. The zero-order valence-corrected chi connectivity index (χ0v) is 6.78. The van der Waals surface area contributed by atoms with E-state index < -0.39 is 5.97 Å². The lowest BCUT2D eigenvalue weighted by molar-refractivity contribution is -0.131. The molecule has 0 spiro atoms. The fraction of sp³-hybridized carbons (Fsp3) is 0.222. The second kappa shape index (κ2) is 3.76. The second-order valence-electron chi connectivity index (χ2n) is 2.34. The number of carboxylic acids is 1. The van der Waals surface area contributed by atoms with E-state index in [1.54, 1.807) is 6.26 Å². The fourth-order valence-electron chi connectivity index (χ4n) is 0.933. The van der Waals surface area contributed by atoms with E-state index in [0.29, 0.717) is 5.76 Å². The van der Waals surface area contributed by atoms with Gasteiger partial charge in [0, 0.05) is 6.08 Å². The van der Waals surface area contributed by atoms with Gasteiger partial charge in [0.15, 0.2) is 0 Å². The highest BCUT2D eigenvalue weighted by atomic mass is 16.4. The Kier molecular flexibility index (Phi) is 2.69. The summed E-state index contributed by atoms with van der Waals surface area (Å²) in [6.07, 6.45) is 4.93. The molecule has 1 rings (SSSR count). The summed E-state index contributed by atoms with van der Waals surface area (Å²) >= 11 is 0. The van der Waals surface area contributed by atoms with Gasteiger partial charge in [0.25, 0.3) is 0 Å². The molecule has 12 heavy (non-hydrogen) atoms. The maximum atomic E-state index is 10.2. The molecule has 1 aromatic rings. The molecular weight excluding hydrogens is 156 g/mol. The summed E-state index contributed by atoms with van der Waals surface area (Å²) in [7, 11) is 0. The van der Waals surface area contributed by atoms with Crippen LogP contribution in [0.2, 0.25) is 0 Å². The average Bonchev–Trinajstić information content (AvgIpc) is 2.47. The molecule has 0 aliphatic rings. The second-order valence-corrected chi connectivity index (χ2v) is 2.34. The first-order chi connectivity index (χ1) is 5.74. The van der Waals surface area contributed by atoms with Crippen LogP contribution in [0.4, 0.5) is 0 Å². The van der Waals surface area contributed by atoms with Crippen molar-refractivity contribution in [2.24, 2.45) is 0 Å². The molecule has 0 atom stereocenters. The van der Waals surface area contributed by atoms with Crippen molar-refractivity contribution in [2.75, 3.05) is 0 Å². The standard InChI is InChI=1S/C9H10O3/c1-2-7-5-6-12-8(7)3-4-9(10)11/h3-6H,2H2,1H3,(H,10,11)/b4-3+. The van der Waals surface area contributed by atoms with Gasteiger partial charge in [0.2, 0.25) is 0 Å². The van der Waals surface area contributed by atoms with Crippen LogP contribution in [0, 0.1) is 0 Å².